The molecule has 2 aromatic rings. The summed E-state index contributed by atoms with van der Waals surface area (Å²) in [5.74, 6) is 0. The summed E-state index contributed by atoms with van der Waals surface area (Å²) in [5, 5.41) is 16.8. The van der Waals surface area contributed by atoms with Crippen LogP contribution >= 0.6 is 11.3 Å². The molecule has 1 aliphatic rings. The topological polar surface area (TPSA) is 95.8 Å². The van der Waals surface area contributed by atoms with Gasteiger partial charge in [-0.3, -0.25) is 10.1 Å². The number of nitrogens with one attached hydrogen (secondary N) is 1. The number of hydrogen-bond donors (Lipinski definition) is 1. The summed E-state index contributed by atoms with van der Waals surface area (Å²) >= 11 is 1.63. The van der Waals surface area contributed by atoms with E-state index in [0.29, 0.717) is 25.3 Å². The van der Waals surface area contributed by atoms with E-state index in [-0.39, 0.29) is 16.6 Å². The van der Waals surface area contributed by atoms with Gasteiger partial charge in [-0.05, 0) is 50.5 Å². The van der Waals surface area contributed by atoms with E-state index in [4.69, 9.17) is 0 Å². The minimum Gasteiger partial charge on any atom is -0.378 e. The third-order valence-corrected chi connectivity index (χ3v) is 8.22. The van der Waals surface area contributed by atoms with E-state index in [1.54, 1.807) is 11.3 Å². The maximum atomic E-state index is 13.0. The van der Waals surface area contributed by atoms with Gasteiger partial charge in [0.1, 0.15) is 5.69 Å². The van der Waals surface area contributed by atoms with Gasteiger partial charge >= 0.3 is 0 Å². The van der Waals surface area contributed by atoms with Gasteiger partial charge in [0.2, 0.25) is 10.0 Å². The lowest BCUT2D eigenvalue weighted by atomic mass is 10.2. The Morgan fingerprint density at radius 2 is 1.90 bits per heavy atom. The van der Waals surface area contributed by atoms with Crippen LogP contribution in [0.2, 0.25) is 0 Å². The molecule has 1 aromatic heterocycles. The highest BCUT2D eigenvalue weighted by Crippen LogP contribution is 2.31. The van der Waals surface area contributed by atoms with Gasteiger partial charge in [0.15, 0.2) is 0 Å². The van der Waals surface area contributed by atoms with E-state index < -0.39 is 14.9 Å². The number of likely N-dealkylation sites (N-methyl/N-ethyl adjacent to an activating group) is 1. The monoisotopic (exact) mass is 452 g/mol. The molecule has 1 aromatic carbocycles. The van der Waals surface area contributed by atoms with Crippen LogP contribution in [0.3, 0.4) is 0 Å². The van der Waals surface area contributed by atoms with Crippen molar-refractivity contribution in [2.75, 3.05) is 39.0 Å². The largest absolute Gasteiger partial charge is 0.378 e. The minimum atomic E-state index is -3.74. The van der Waals surface area contributed by atoms with Crippen molar-refractivity contribution in [3.8, 4) is 0 Å². The molecule has 3 rings (SSSR count). The van der Waals surface area contributed by atoms with Crippen LogP contribution in [0, 0.1) is 10.1 Å². The number of hydrogen-bond acceptors (Lipinski definition) is 7. The first kappa shape index (κ1) is 22.7. The highest BCUT2D eigenvalue weighted by Gasteiger charge is 2.28. The number of anilines is 1. The van der Waals surface area contributed by atoms with Gasteiger partial charge in [-0.25, -0.2) is 8.42 Å². The van der Waals surface area contributed by atoms with Gasteiger partial charge in [-0.2, -0.15) is 4.31 Å². The van der Waals surface area contributed by atoms with E-state index in [1.165, 1.54) is 22.5 Å². The van der Waals surface area contributed by atoms with Crippen LogP contribution in [0.15, 0.2) is 40.6 Å². The zero-order valence-electron chi connectivity index (χ0n) is 17.3. The molecule has 2 heterocycles. The van der Waals surface area contributed by atoms with Crippen LogP contribution in [0.5, 0.6) is 0 Å². The average Bonchev–Trinajstić information content (AvgIpc) is 3.08. The number of nitro benzene ring substituents is 1. The second-order valence-electron chi connectivity index (χ2n) is 7.63. The van der Waals surface area contributed by atoms with Gasteiger partial charge in [0.25, 0.3) is 5.69 Å². The van der Waals surface area contributed by atoms with Crippen molar-refractivity contribution < 1.29 is 13.3 Å². The van der Waals surface area contributed by atoms with Crippen molar-refractivity contribution in [1.29, 1.82) is 0 Å². The number of benzene rings is 1. The first-order chi connectivity index (χ1) is 14.3. The molecule has 1 N–H and O–H groups in total. The molecule has 0 aliphatic carbocycles. The summed E-state index contributed by atoms with van der Waals surface area (Å²) in [7, 11) is 0.168. The predicted molar refractivity (Wildman–Crippen MR) is 120 cm³/mol. The molecule has 0 bridgehead atoms. The van der Waals surface area contributed by atoms with Crippen LogP contribution < -0.4 is 5.32 Å². The Labute approximate surface area is 181 Å². The molecular formula is C20H28N4O4S2. The van der Waals surface area contributed by atoms with Crippen LogP contribution in [0.4, 0.5) is 11.4 Å². The average molecular weight is 453 g/mol. The molecule has 0 saturated carbocycles. The third kappa shape index (κ3) is 5.18. The van der Waals surface area contributed by atoms with Gasteiger partial charge in [-0.1, -0.05) is 18.9 Å². The number of nitro groups is 1. The summed E-state index contributed by atoms with van der Waals surface area (Å²) in [6, 6.07) is 8.20. The molecule has 1 unspecified atom stereocenters. The predicted octanol–water partition coefficient (Wildman–Crippen LogP) is 3.94. The molecule has 1 saturated heterocycles. The summed E-state index contributed by atoms with van der Waals surface area (Å²) in [5.41, 5.74) is 0.0906. The molecule has 10 heteroatoms. The Morgan fingerprint density at radius 1 is 1.20 bits per heavy atom. The number of sulfonamides is 1. The molecular weight excluding hydrogens is 424 g/mol. The van der Waals surface area contributed by atoms with Crippen molar-refractivity contribution >= 4 is 32.7 Å². The van der Waals surface area contributed by atoms with E-state index in [0.717, 1.165) is 30.6 Å². The fourth-order valence-electron chi connectivity index (χ4n) is 3.63. The van der Waals surface area contributed by atoms with E-state index >= 15 is 0 Å². The Hall–Kier alpha value is -2.01. The minimum absolute atomic E-state index is 0.0240. The van der Waals surface area contributed by atoms with Gasteiger partial charge < -0.3 is 10.2 Å². The van der Waals surface area contributed by atoms with Gasteiger partial charge in [0, 0.05) is 30.6 Å². The lowest BCUT2D eigenvalue weighted by Gasteiger charge is -2.24. The first-order valence-corrected chi connectivity index (χ1v) is 12.3. The van der Waals surface area contributed by atoms with Gasteiger partial charge in [0.05, 0.1) is 15.9 Å². The van der Waals surface area contributed by atoms with E-state index in [9.17, 15) is 18.5 Å². The van der Waals surface area contributed by atoms with Crippen LogP contribution in [0.1, 0.15) is 36.6 Å². The zero-order valence-corrected chi connectivity index (χ0v) is 18.9. The Morgan fingerprint density at radius 3 is 2.47 bits per heavy atom. The molecule has 1 aliphatic heterocycles. The smallest absolute Gasteiger partial charge is 0.293 e. The molecule has 8 nitrogen and oxygen atoms in total. The second-order valence-corrected chi connectivity index (χ2v) is 10.5. The number of nitrogens with zero attached hydrogens (tertiary/aromatic N) is 3. The van der Waals surface area contributed by atoms with Crippen molar-refractivity contribution in [3.63, 3.8) is 0 Å². The van der Waals surface area contributed by atoms with E-state index in [1.807, 2.05) is 36.5 Å². The summed E-state index contributed by atoms with van der Waals surface area (Å²) < 4.78 is 27.5. The van der Waals surface area contributed by atoms with Gasteiger partial charge in [-0.15, -0.1) is 11.3 Å². The van der Waals surface area contributed by atoms with Crippen molar-refractivity contribution in [2.45, 2.75) is 36.6 Å². The van der Waals surface area contributed by atoms with Crippen LogP contribution in [0.25, 0.3) is 0 Å². The SMILES string of the molecule is CN(C)C(CNc1ccc(S(=O)(=O)N2CCCCCC2)cc1[N+](=O)[O-])c1cccs1. The molecule has 30 heavy (non-hydrogen) atoms. The maximum absolute atomic E-state index is 13.0. The summed E-state index contributed by atoms with van der Waals surface area (Å²) in [6.45, 7) is 1.38. The first-order valence-electron chi connectivity index (χ1n) is 10.0. The zero-order chi connectivity index (χ0) is 21.7. The van der Waals surface area contributed by atoms with Crippen molar-refractivity contribution in [2.24, 2.45) is 0 Å². The fraction of sp³-hybridized carbons (Fsp3) is 0.500. The Kier molecular flexibility index (Phi) is 7.45. The second kappa shape index (κ2) is 9.86. The lowest BCUT2D eigenvalue weighted by molar-refractivity contribution is -0.384. The Bertz CT molecular complexity index is 953. The molecule has 0 amide bonds. The molecule has 0 radical (unpaired) electrons. The molecule has 0 spiro atoms. The normalized spacial score (nSPS) is 16.9. The highest BCUT2D eigenvalue weighted by molar-refractivity contribution is 7.89. The molecule has 164 valence electrons. The van der Waals surface area contributed by atoms with Crippen LogP contribution in [-0.4, -0.2) is 56.3 Å². The molecule has 1 atom stereocenters. The van der Waals surface area contributed by atoms with Crippen LogP contribution in [-0.2, 0) is 10.0 Å². The summed E-state index contributed by atoms with van der Waals surface area (Å²) in [6.07, 6.45) is 3.64. The lowest BCUT2D eigenvalue weighted by Crippen LogP contribution is -2.32. The molecule has 1 fully saturated rings. The Balaban J connectivity index is 1.84. The maximum Gasteiger partial charge on any atom is 0.293 e. The van der Waals surface area contributed by atoms with Crippen molar-refractivity contribution in [1.82, 2.24) is 9.21 Å². The standard InChI is InChI=1S/C20H28N4O4S2/c1-22(2)19(20-8-7-13-29-20)15-21-17-10-9-16(14-18(17)24(25)26)30(27,28)23-11-5-3-4-6-12-23/h7-10,13-14,19,21H,3-6,11-12,15H2,1-2H3. The van der Waals surface area contributed by atoms with Crippen molar-refractivity contribution in [3.05, 3.63) is 50.7 Å². The highest BCUT2D eigenvalue weighted by atomic mass is 32.2. The quantitative estimate of drug-likeness (QED) is 0.481. The van der Waals surface area contributed by atoms with E-state index in [2.05, 4.69) is 5.32 Å². The third-order valence-electron chi connectivity index (χ3n) is 5.35. The number of thiophene rings is 1. The summed E-state index contributed by atoms with van der Waals surface area (Å²) in [4.78, 5) is 14.3. The number of rotatable bonds is 8. The fourth-order valence-corrected chi connectivity index (χ4v) is 6.09.